The number of rotatable bonds is 4. The van der Waals surface area contributed by atoms with Gasteiger partial charge < -0.3 is 10.5 Å². The van der Waals surface area contributed by atoms with E-state index >= 15 is 0 Å². The Morgan fingerprint density at radius 1 is 1.30 bits per heavy atom. The Labute approximate surface area is 118 Å². The number of hydrogen-bond acceptors (Lipinski definition) is 4. The van der Waals surface area contributed by atoms with E-state index in [9.17, 15) is 4.79 Å². The van der Waals surface area contributed by atoms with E-state index in [2.05, 4.69) is 4.98 Å². The number of aryl methyl sites for hydroxylation is 2. The summed E-state index contributed by atoms with van der Waals surface area (Å²) in [4.78, 5) is 15.9. The molecule has 0 atom stereocenters. The van der Waals surface area contributed by atoms with E-state index in [-0.39, 0.29) is 5.78 Å². The second kappa shape index (κ2) is 5.74. The third-order valence-electron chi connectivity index (χ3n) is 3.04. The van der Waals surface area contributed by atoms with Gasteiger partial charge in [-0.05, 0) is 50.6 Å². The number of benzene rings is 1. The van der Waals surface area contributed by atoms with Crippen molar-refractivity contribution in [3.63, 3.8) is 0 Å². The Morgan fingerprint density at radius 2 is 2.05 bits per heavy atom. The highest BCUT2D eigenvalue weighted by Crippen LogP contribution is 2.27. The fraction of sp³-hybridized carbons (Fsp3) is 0.250. The minimum absolute atomic E-state index is 0.0781. The van der Waals surface area contributed by atoms with Crippen molar-refractivity contribution in [3.8, 4) is 11.5 Å². The molecular weight excluding hydrogens is 252 g/mol. The van der Waals surface area contributed by atoms with Gasteiger partial charge in [-0.2, -0.15) is 0 Å². The number of Topliss-reactive ketones (excluding diaryl/α,β-unsaturated/α-hetero) is 1. The standard InChI is InChI=1S/C16H18N2O2/c1-4-15-16(8-5-10(2)18-15)20-12-6-7-14(17)13(9-12)11(3)19/h5-9H,4,17H2,1-3H3. The summed E-state index contributed by atoms with van der Waals surface area (Å²) in [5.41, 5.74) is 8.55. The largest absolute Gasteiger partial charge is 0.455 e. The number of carbonyl (C=O) groups is 1. The minimum atomic E-state index is -0.0781. The SMILES string of the molecule is CCc1nc(C)ccc1Oc1ccc(N)c(C(C)=O)c1. The lowest BCUT2D eigenvalue weighted by Crippen LogP contribution is -2.01. The van der Waals surface area contributed by atoms with Crippen molar-refractivity contribution in [3.05, 3.63) is 47.3 Å². The first kappa shape index (κ1) is 14.1. The Bertz CT molecular complexity index is 651. The molecule has 0 aliphatic carbocycles. The van der Waals surface area contributed by atoms with Gasteiger partial charge in [0.1, 0.15) is 11.5 Å². The molecule has 0 fully saturated rings. The van der Waals surface area contributed by atoms with Crippen molar-refractivity contribution in [2.75, 3.05) is 5.73 Å². The maximum absolute atomic E-state index is 11.5. The van der Waals surface area contributed by atoms with Crippen molar-refractivity contribution in [2.45, 2.75) is 27.2 Å². The number of nitrogen functional groups attached to an aromatic ring is 1. The number of pyridine rings is 1. The first-order valence-corrected chi connectivity index (χ1v) is 6.56. The van der Waals surface area contributed by atoms with Crippen LogP contribution in [0.2, 0.25) is 0 Å². The number of anilines is 1. The summed E-state index contributed by atoms with van der Waals surface area (Å²) in [5.74, 6) is 1.22. The Kier molecular flexibility index (Phi) is 4.03. The number of ketones is 1. The van der Waals surface area contributed by atoms with Crippen molar-refractivity contribution in [2.24, 2.45) is 0 Å². The van der Waals surface area contributed by atoms with E-state index in [0.717, 1.165) is 17.8 Å². The zero-order valence-corrected chi connectivity index (χ0v) is 11.9. The van der Waals surface area contributed by atoms with E-state index in [1.165, 1.54) is 6.92 Å². The van der Waals surface area contributed by atoms with Crippen LogP contribution in [0.25, 0.3) is 0 Å². The number of carbonyl (C=O) groups excluding carboxylic acids is 1. The Hall–Kier alpha value is -2.36. The zero-order valence-electron chi connectivity index (χ0n) is 11.9. The molecule has 104 valence electrons. The topological polar surface area (TPSA) is 65.2 Å². The van der Waals surface area contributed by atoms with Gasteiger partial charge in [-0.1, -0.05) is 6.92 Å². The van der Waals surface area contributed by atoms with Gasteiger partial charge in [-0.25, -0.2) is 0 Å². The fourth-order valence-corrected chi connectivity index (χ4v) is 1.97. The maximum Gasteiger partial charge on any atom is 0.162 e. The molecule has 4 nitrogen and oxygen atoms in total. The molecule has 1 heterocycles. The van der Waals surface area contributed by atoms with Gasteiger partial charge in [-0.15, -0.1) is 0 Å². The molecular formula is C16H18N2O2. The zero-order chi connectivity index (χ0) is 14.7. The molecule has 0 saturated heterocycles. The van der Waals surface area contributed by atoms with E-state index in [0.29, 0.717) is 22.7 Å². The molecule has 2 rings (SSSR count). The summed E-state index contributed by atoms with van der Waals surface area (Å²) in [6.45, 7) is 5.46. The summed E-state index contributed by atoms with van der Waals surface area (Å²) < 4.78 is 5.83. The van der Waals surface area contributed by atoms with Crippen LogP contribution in [0.3, 0.4) is 0 Å². The van der Waals surface area contributed by atoms with Gasteiger partial charge in [-0.3, -0.25) is 9.78 Å². The van der Waals surface area contributed by atoms with Crippen LogP contribution in [-0.4, -0.2) is 10.8 Å². The predicted molar refractivity (Wildman–Crippen MR) is 79.3 cm³/mol. The number of hydrogen-bond donors (Lipinski definition) is 1. The monoisotopic (exact) mass is 270 g/mol. The molecule has 0 aliphatic rings. The van der Waals surface area contributed by atoms with Gasteiger partial charge in [0.15, 0.2) is 5.78 Å². The molecule has 4 heteroatoms. The van der Waals surface area contributed by atoms with Crippen LogP contribution < -0.4 is 10.5 Å². The molecule has 0 unspecified atom stereocenters. The summed E-state index contributed by atoms with van der Waals surface area (Å²) >= 11 is 0. The lowest BCUT2D eigenvalue weighted by atomic mass is 10.1. The van der Waals surface area contributed by atoms with Crippen molar-refractivity contribution in [1.29, 1.82) is 0 Å². The first-order valence-electron chi connectivity index (χ1n) is 6.56. The van der Waals surface area contributed by atoms with E-state index in [4.69, 9.17) is 10.5 Å². The normalized spacial score (nSPS) is 10.3. The van der Waals surface area contributed by atoms with Gasteiger partial charge in [0.05, 0.1) is 5.69 Å². The molecule has 0 bridgehead atoms. The van der Waals surface area contributed by atoms with Gasteiger partial charge in [0.2, 0.25) is 0 Å². The summed E-state index contributed by atoms with van der Waals surface area (Å²) in [6, 6.07) is 8.89. The van der Waals surface area contributed by atoms with Crippen LogP contribution in [0.4, 0.5) is 5.69 Å². The quantitative estimate of drug-likeness (QED) is 0.681. The fourth-order valence-electron chi connectivity index (χ4n) is 1.97. The molecule has 1 aromatic heterocycles. The molecule has 2 N–H and O–H groups in total. The summed E-state index contributed by atoms with van der Waals surface area (Å²) in [6.07, 6.45) is 0.783. The predicted octanol–water partition coefficient (Wildman–Crippen LogP) is 3.53. The van der Waals surface area contributed by atoms with Gasteiger partial charge in [0.25, 0.3) is 0 Å². The Morgan fingerprint density at radius 3 is 2.70 bits per heavy atom. The molecule has 2 aromatic rings. The van der Waals surface area contributed by atoms with Gasteiger partial charge in [0, 0.05) is 16.9 Å². The molecule has 0 radical (unpaired) electrons. The smallest absolute Gasteiger partial charge is 0.162 e. The third-order valence-corrected chi connectivity index (χ3v) is 3.04. The number of ether oxygens (including phenoxy) is 1. The van der Waals surface area contributed by atoms with Crippen LogP contribution >= 0.6 is 0 Å². The highest BCUT2D eigenvalue weighted by atomic mass is 16.5. The number of nitrogens with two attached hydrogens (primary N) is 1. The van der Waals surface area contributed by atoms with Crippen LogP contribution in [0.5, 0.6) is 11.5 Å². The second-order valence-corrected chi connectivity index (χ2v) is 4.66. The van der Waals surface area contributed by atoms with Crippen LogP contribution in [0.15, 0.2) is 30.3 Å². The van der Waals surface area contributed by atoms with Crippen LogP contribution in [0.1, 0.15) is 35.6 Å². The average Bonchev–Trinajstić information content (AvgIpc) is 2.42. The average molecular weight is 270 g/mol. The summed E-state index contributed by atoms with van der Waals surface area (Å²) in [5, 5.41) is 0. The van der Waals surface area contributed by atoms with E-state index in [1.807, 2.05) is 26.0 Å². The van der Waals surface area contributed by atoms with Crippen molar-refractivity contribution >= 4 is 11.5 Å². The molecule has 20 heavy (non-hydrogen) atoms. The first-order chi connectivity index (χ1) is 9.51. The highest BCUT2D eigenvalue weighted by molar-refractivity contribution is 5.99. The molecule has 0 amide bonds. The molecule has 0 aliphatic heterocycles. The van der Waals surface area contributed by atoms with E-state index < -0.39 is 0 Å². The second-order valence-electron chi connectivity index (χ2n) is 4.66. The number of nitrogens with zero attached hydrogens (tertiary/aromatic N) is 1. The number of aromatic nitrogens is 1. The lowest BCUT2D eigenvalue weighted by molar-refractivity contribution is 0.101. The van der Waals surface area contributed by atoms with Crippen LogP contribution in [-0.2, 0) is 6.42 Å². The van der Waals surface area contributed by atoms with Crippen molar-refractivity contribution < 1.29 is 9.53 Å². The highest BCUT2D eigenvalue weighted by Gasteiger charge is 2.09. The third kappa shape index (κ3) is 2.96. The molecule has 1 aromatic carbocycles. The lowest BCUT2D eigenvalue weighted by Gasteiger charge is -2.11. The summed E-state index contributed by atoms with van der Waals surface area (Å²) in [7, 11) is 0. The van der Waals surface area contributed by atoms with Gasteiger partial charge >= 0.3 is 0 Å². The molecule has 0 saturated carbocycles. The van der Waals surface area contributed by atoms with Crippen molar-refractivity contribution in [1.82, 2.24) is 4.98 Å². The van der Waals surface area contributed by atoms with E-state index in [1.54, 1.807) is 18.2 Å². The molecule has 0 spiro atoms. The minimum Gasteiger partial charge on any atom is -0.455 e. The Balaban J connectivity index is 2.35. The van der Waals surface area contributed by atoms with Crippen LogP contribution in [0, 0.1) is 6.92 Å². The maximum atomic E-state index is 11.5.